The minimum Gasteiger partial charge on any atom is -0.322 e. The number of carbonyl (C=O) groups is 4. The molecule has 0 bridgehead atoms. The third-order valence-electron chi connectivity index (χ3n) is 2.38. The fourth-order valence-electron chi connectivity index (χ4n) is 1.48. The molecule has 6 nitrogen and oxygen atoms in total. The first-order valence-corrected chi connectivity index (χ1v) is 6.89. The van der Waals surface area contributed by atoms with Crippen molar-refractivity contribution in [3.8, 4) is 0 Å². The van der Waals surface area contributed by atoms with Crippen molar-refractivity contribution in [2.24, 2.45) is 0 Å². The highest BCUT2D eigenvalue weighted by Crippen LogP contribution is 2.29. The molecule has 0 N–H and O–H groups in total. The minimum absolute atomic E-state index is 0.237. The molecule has 0 spiro atoms. The first kappa shape index (κ1) is 15.0. The Labute approximate surface area is 113 Å². The highest BCUT2D eigenvalue weighted by molar-refractivity contribution is 8.15. The molecule has 1 saturated heterocycles. The minimum atomic E-state index is -0.844. The summed E-state index contributed by atoms with van der Waals surface area (Å²) in [6, 6.07) is 0. The second kappa shape index (κ2) is 5.75. The molecule has 2 amide bonds. The van der Waals surface area contributed by atoms with Crippen molar-refractivity contribution < 1.29 is 19.2 Å². The average Bonchev–Trinajstić information content (AvgIpc) is 2.27. The number of likely N-dealkylation sites (N-methyl/N-ethyl adjacent to an activating group) is 2. The van der Waals surface area contributed by atoms with Crippen LogP contribution < -0.4 is 0 Å². The van der Waals surface area contributed by atoms with Crippen LogP contribution in [0.1, 0.15) is 13.8 Å². The predicted octanol–water partition coefficient (Wildman–Crippen LogP) is 0.128. The Bertz CT molecular complexity index is 375. The summed E-state index contributed by atoms with van der Waals surface area (Å²) >= 11 is 1.60. The molecule has 2 unspecified atom stereocenters. The van der Waals surface area contributed by atoms with Crippen LogP contribution in [-0.4, -0.2) is 56.7 Å². The second-order valence-electron chi connectivity index (χ2n) is 3.82. The molecule has 0 aromatic rings. The lowest BCUT2D eigenvalue weighted by atomic mass is 10.3. The Hall–Kier alpha value is -1.02. The van der Waals surface area contributed by atoms with E-state index in [4.69, 9.17) is 0 Å². The van der Waals surface area contributed by atoms with Crippen LogP contribution in [0.15, 0.2) is 0 Å². The standard InChI is InChI=1S/C10H14N2O4S2/c1-5(13)17-9-7(15)12(4)10(18-6(2)14)8(16)11(9)3/h9-10H,1-4H3. The number of rotatable bonds is 2. The highest BCUT2D eigenvalue weighted by atomic mass is 32.2. The molecule has 0 aromatic heterocycles. The fraction of sp³-hybridized carbons (Fsp3) is 0.600. The fourth-order valence-corrected chi connectivity index (χ4v) is 3.17. The van der Waals surface area contributed by atoms with Gasteiger partial charge >= 0.3 is 0 Å². The van der Waals surface area contributed by atoms with Gasteiger partial charge in [0.1, 0.15) is 0 Å². The van der Waals surface area contributed by atoms with Crippen molar-refractivity contribution in [1.82, 2.24) is 9.80 Å². The van der Waals surface area contributed by atoms with Crippen LogP contribution in [-0.2, 0) is 19.2 Å². The zero-order valence-corrected chi connectivity index (χ0v) is 12.1. The number of carbonyl (C=O) groups excluding carboxylic acids is 4. The molecule has 1 heterocycles. The van der Waals surface area contributed by atoms with Crippen LogP contribution in [0.5, 0.6) is 0 Å². The lowest BCUT2D eigenvalue weighted by Crippen LogP contribution is -2.60. The van der Waals surface area contributed by atoms with E-state index in [9.17, 15) is 19.2 Å². The Morgan fingerprint density at radius 1 is 0.889 bits per heavy atom. The number of nitrogens with zero attached hydrogens (tertiary/aromatic N) is 2. The number of thioether (sulfide) groups is 2. The molecule has 0 aliphatic carbocycles. The summed E-state index contributed by atoms with van der Waals surface area (Å²) in [5, 5.41) is -2.16. The topological polar surface area (TPSA) is 74.8 Å². The van der Waals surface area contributed by atoms with Crippen LogP contribution in [0, 0.1) is 0 Å². The lowest BCUT2D eigenvalue weighted by Gasteiger charge is -2.40. The van der Waals surface area contributed by atoms with Gasteiger partial charge in [-0.15, -0.1) is 0 Å². The summed E-state index contributed by atoms with van der Waals surface area (Å²) in [6.45, 7) is 2.68. The molecular formula is C10H14N2O4S2. The van der Waals surface area contributed by atoms with Crippen LogP contribution in [0.3, 0.4) is 0 Å². The zero-order valence-electron chi connectivity index (χ0n) is 10.5. The van der Waals surface area contributed by atoms with Crippen LogP contribution in [0.4, 0.5) is 0 Å². The maximum absolute atomic E-state index is 12.0. The van der Waals surface area contributed by atoms with Crippen molar-refractivity contribution in [3.05, 3.63) is 0 Å². The van der Waals surface area contributed by atoms with E-state index in [1.54, 1.807) is 0 Å². The van der Waals surface area contributed by atoms with Gasteiger partial charge < -0.3 is 9.80 Å². The van der Waals surface area contributed by atoms with Gasteiger partial charge in [-0.2, -0.15) is 0 Å². The van der Waals surface area contributed by atoms with Crippen molar-refractivity contribution >= 4 is 45.6 Å². The zero-order chi connectivity index (χ0) is 14.0. The summed E-state index contributed by atoms with van der Waals surface area (Å²) in [7, 11) is 2.92. The Morgan fingerprint density at radius 2 is 1.17 bits per heavy atom. The second-order valence-corrected chi connectivity index (χ2v) is 6.34. The summed E-state index contributed by atoms with van der Waals surface area (Å²) in [5.41, 5.74) is 0. The molecule has 2 atom stereocenters. The Morgan fingerprint density at radius 3 is 1.39 bits per heavy atom. The average molecular weight is 290 g/mol. The van der Waals surface area contributed by atoms with Crippen molar-refractivity contribution in [2.45, 2.75) is 24.6 Å². The van der Waals surface area contributed by atoms with Crippen LogP contribution in [0.25, 0.3) is 0 Å². The number of hydrogen-bond acceptors (Lipinski definition) is 6. The van der Waals surface area contributed by atoms with E-state index >= 15 is 0 Å². The van der Waals surface area contributed by atoms with Gasteiger partial charge in [-0.05, 0) is 0 Å². The Kier molecular flexibility index (Phi) is 4.80. The molecule has 0 radical (unpaired) electrons. The number of hydrogen-bond donors (Lipinski definition) is 0. The van der Waals surface area contributed by atoms with E-state index in [0.717, 1.165) is 23.5 Å². The van der Waals surface area contributed by atoms with Gasteiger partial charge in [0.2, 0.25) is 0 Å². The van der Waals surface area contributed by atoms with Gasteiger partial charge in [0.25, 0.3) is 11.8 Å². The summed E-state index contributed by atoms with van der Waals surface area (Å²) in [6.07, 6.45) is 0. The molecule has 1 rings (SSSR count). The lowest BCUT2D eigenvalue weighted by molar-refractivity contribution is -0.150. The molecule has 18 heavy (non-hydrogen) atoms. The number of amides is 2. The predicted molar refractivity (Wildman–Crippen MR) is 69.7 cm³/mol. The Balaban J connectivity index is 2.95. The van der Waals surface area contributed by atoms with Crippen molar-refractivity contribution in [2.75, 3.05) is 14.1 Å². The summed E-state index contributed by atoms with van der Waals surface area (Å²) in [5.74, 6) is -0.702. The number of piperazine rings is 1. The van der Waals surface area contributed by atoms with Gasteiger partial charge in [0, 0.05) is 27.9 Å². The maximum Gasteiger partial charge on any atom is 0.257 e. The molecular weight excluding hydrogens is 276 g/mol. The smallest absolute Gasteiger partial charge is 0.257 e. The first-order valence-electron chi connectivity index (χ1n) is 5.13. The molecule has 100 valence electrons. The monoisotopic (exact) mass is 290 g/mol. The van der Waals surface area contributed by atoms with Gasteiger partial charge in [-0.1, -0.05) is 23.5 Å². The van der Waals surface area contributed by atoms with Gasteiger partial charge in [-0.25, -0.2) is 0 Å². The third kappa shape index (κ3) is 3.05. The molecule has 1 aliphatic heterocycles. The van der Waals surface area contributed by atoms with Gasteiger partial charge in [0.05, 0.1) is 0 Å². The molecule has 0 saturated carbocycles. The van der Waals surface area contributed by atoms with E-state index in [-0.39, 0.29) is 22.0 Å². The van der Waals surface area contributed by atoms with E-state index in [1.165, 1.54) is 37.7 Å². The SMILES string of the molecule is CC(=O)SC1C(=O)N(C)C(SC(C)=O)C(=O)N1C. The maximum atomic E-state index is 12.0. The summed E-state index contributed by atoms with van der Waals surface area (Å²) in [4.78, 5) is 48.7. The van der Waals surface area contributed by atoms with Crippen molar-refractivity contribution in [3.63, 3.8) is 0 Å². The van der Waals surface area contributed by atoms with Crippen LogP contribution >= 0.6 is 23.5 Å². The molecule has 0 aromatic carbocycles. The summed E-state index contributed by atoms with van der Waals surface area (Å²) < 4.78 is 0. The largest absolute Gasteiger partial charge is 0.322 e. The normalized spacial score (nSPS) is 24.4. The van der Waals surface area contributed by atoms with E-state index in [2.05, 4.69) is 0 Å². The first-order chi connectivity index (χ1) is 8.25. The molecule has 1 aliphatic rings. The van der Waals surface area contributed by atoms with E-state index in [1.807, 2.05) is 0 Å². The van der Waals surface area contributed by atoms with Crippen molar-refractivity contribution in [1.29, 1.82) is 0 Å². The highest BCUT2D eigenvalue weighted by Gasteiger charge is 2.44. The van der Waals surface area contributed by atoms with Gasteiger partial charge in [0.15, 0.2) is 21.0 Å². The third-order valence-corrected chi connectivity index (χ3v) is 4.52. The molecule has 1 fully saturated rings. The molecule has 8 heteroatoms. The van der Waals surface area contributed by atoms with Gasteiger partial charge in [-0.3, -0.25) is 19.2 Å². The van der Waals surface area contributed by atoms with E-state index < -0.39 is 10.7 Å². The quantitative estimate of drug-likeness (QED) is 0.719. The van der Waals surface area contributed by atoms with E-state index in [0.29, 0.717) is 0 Å². The van der Waals surface area contributed by atoms with Crippen LogP contribution in [0.2, 0.25) is 0 Å².